The zero-order valence-electron chi connectivity index (χ0n) is 14.4. The molecule has 26 heavy (non-hydrogen) atoms. The molecular weight excluding hydrogens is 375 g/mol. The zero-order chi connectivity index (χ0) is 18.6. The van der Waals surface area contributed by atoms with Crippen molar-refractivity contribution in [1.29, 1.82) is 0 Å². The van der Waals surface area contributed by atoms with Gasteiger partial charge in [-0.25, -0.2) is 0 Å². The van der Waals surface area contributed by atoms with E-state index < -0.39 is 6.61 Å². The highest BCUT2D eigenvalue weighted by Crippen LogP contribution is 2.42. The van der Waals surface area contributed by atoms with Crippen molar-refractivity contribution in [3.05, 3.63) is 39.3 Å². The molecule has 0 aliphatic carbocycles. The fraction of sp³-hybridized carbons (Fsp3) is 0.333. The summed E-state index contributed by atoms with van der Waals surface area (Å²) in [6, 6.07) is 1.86. The van der Waals surface area contributed by atoms with E-state index in [1.807, 2.05) is 26.2 Å². The number of aryl methyl sites for hydroxylation is 2. The van der Waals surface area contributed by atoms with E-state index in [0.29, 0.717) is 29.6 Å². The van der Waals surface area contributed by atoms with Crippen LogP contribution in [0.1, 0.15) is 17.0 Å². The molecular formula is C18H18Cl2N4O2. The number of aliphatic hydroxyl groups excluding tert-OH is 1. The Morgan fingerprint density at radius 2 is 2.15 bits per heavy atom. The molecule has 136 valence electrons. The van der Waals surface area contributed by atoms with Gasteiger partial charge in [-0.3, -0.25) is 9.48 Å². The Labute approximate surface area is 160 Å². The van der Waals surface area contributed by atoms with Crippen LogP contribution < -0.4 is 0 Å². The van der Waals surface area contributed by atoms with Crippen molar-refractivity contribution in [2.75, 3.05) is 13.2 Å². The van der Waals surface area contributed by atoms with Crippen LogP contribution in [0.2, 0.25) is 10.0 Å². The third-order valence-electron chi connectivity index (χ3n) is 4.93. The number of aromatic amines is 1. The monoisotopic (exact) mass is 392 g/mol. The fourth-order valence-electron chi connectivity index (χ4n) is 3.73. The molecule has 6 nitrogen and oxygen atoms in total. The Morgan fingerprint density at radius 1 is 1.38 bits per heavy atom. The maximum absolute atomic E-state index is 12.0. The van der Waals surface area contributed by atoms with Crippen LogP contribution in [0.15, 0.2) is 12.3 Å². The first-order valence-electron chi connectivity index (χ1n) is 8.31. The maximum Gasteiger partial charge on any atom is 0.248 e. The van der Waals surface area contributed by atoms with Crippen molar-refractivity contribution in [2.45, 2.75) is 19.9 Å². The number of rotatable bonds is 2. The van der Waals surface area contributed by atoms with Crippen molar-refractivity contribution in [1.82, 2.24) is 19.7 Å². The topological polar surface area (TPSA) is 74.2 Å². The van der Waals surface area contributed by atoms with Crippen molar-refractivity contribution < 1.29 is 9.90 Å². The molecule has 2 N–H and O–H groups in total. The highest BCUT2D eigenvalue weighted by Gasteiger charge is 2.27. The van der Waals surface area contributed by atoms with Gasteiger partial charge in [0, 0.05) is 55.0 Å². The van der Waals surface area contributed by atoms with Crippen LogP contribution in [0.4, 0.5) is 0 Å². The van der Waals surface area contributed by atoms with Crippen LogP contribution in [0.5, 0.6) is 0 Å². The largest absolute Gasteiger partial charge is 0.387 e. The van der Waals surface area contributed by atoms with Crippen LogP contribution in [-0.4, -0.2) is 43.8 Å². The second-order valence-corrected chi connectivity index (χ2v) is 7.36. The molecule has 0 saturated carbocycles. The summed E-state index contributed by atoms with van der Waals surface area (Å²) < 4.78 is 1.76. The zero-order valence-corrected chi connectivity index (χ0v) is 15.9. The van der Waals surface area contributed by atoms with Crippen molar-refractivity contribution in [3.8, 4) is 11.1 Å². The summed E-state index contributed by atoms with van der Waals surface area (Å²) >= 11 is 12.9. The summed E-state index contributed by atoms with van der Waals surface area (Å²) in [4.78, 5) is 17.0. The number of aliphatic hydroxyl groups is 1. The lowest BCUT2D eigenvalue weighted by Gasteiger charge is -2.26. The lowest BCUT2D eigenvalue weighted by atomic mass is 9.96. The van der Waals surface area contributed by atoms with Gasteiger partial charge in [0.15, 0.2) is 0 Å². The van der Waals surface area contributed by atoms with E-state index in [9.17, 15) is 9.90 Å². The summed E-state index contributed by atoms with van der Waals surface area (Å²) in [5.74, 6) is -0.274. The summed E-state index contributed by atoms with van der Waals surface area (Å²) in [5, 5.41) is 15.5. The Hall–Kier alpha value is -2.02. The van der Waals surface area contributed by atoms with E-state index in [-0.39, 0.29) is 5.91 Å². The first kappa shape index (κ1) is 17.4. The van der Waals surface area contributed by atoms with Crippen molar-refractivity contribution >= 4 is 40.0 Å². The average molecular weight is 393 g/mol. The Bertz CT molecular complexity index is 1040. The molecule has 1 amide bonds. The minimum Gasteiger partial charge on any atom is -0.387 e. The molecule has 0 spiro atoms. The molecule has 3 heterocycles. The Balaban J connectivity index is 1.99. The molecule has 0 unspecified atom stereocenters. The standard InChI is InChI=1S/C18H18Cl2N4O2/c1-9-11(6-23(2)22-9)10-5-13(19)17(20)18-16(10)12-7-24(15(26)8-25)4-3-14(12)21-18/h5-6,21,25H,3-4,7-8H2,1-2H3. The third kappa shape index (κ3) is 2.60. The molecule has 1 aliphatic rings. The molecule has 0 atom stereocenters. The average Bonchev–Trinajstić information content (AvgIpc) is 3.16. The molecule has 1 aromatic carbocycles. The summed E-state index contributed by atoms with van der Waals surface area (Å²) in [6.45, 7) is 2.45. The van der Waals surface area contributed by atoms with Gasteiger partial charge in [0.25, 0.3) is 0 Å². The number of fused-ring (bicyclic) bond motifs is 3. The molecule has 1 aliphatic heterocycles. The molecule has 0 bridgehead atoms. The quantitative estimate of drug-likeness (QED) is 0.703. The highest BCUT2D eigenvalue weighted by atomic mass is 35.5. The predicted molar refractivity (Wildman–Crippen MR) is 101 cm³/mol. The van der Waals surface area contributed by atoms with Gasteiger partial charge in [-0.05, 0) is 18.6 Å². The van der Waals surface area contributed by atoms with Gasteiger partial charge in [-0.2, -0.15) is 5.10 Å². The van der Waals surface area contributed by atoms with Crippen LogP contribution in [0.3, 0.4) is 0 Å². The minimum atomic E-state index is -0.487. The summed E-state index contributed by atoms with van der Waals surface area (Å²) in [6.07, 6.45) is 2.63. The van der Waals surface area contributed by atoms with E-state index >= 15 is 0 Å². The van der Waals surface area contributed by atoms with Gasteiger partial charge >= 0.3 is 0 Å². The molecule has 0 saturated heterocycles. The van der Waals surface area contributed by atoms with E-state index in [1.165, 1.54) is 0 Å². The first-order valence-corrected chi connectivity index (χ1v) is 9.07. The number of hydrogen-bond acceptors (Lipinski definition) is 3. The van der Waals surface area contributed by atoms with E-state index in [2.05, 4.69) is 10.1 Å². The number of nitrogens with zero attached hydrogens (tertiary/aromatic N) is 3. The van der Waals surface area contributed by atoms with Gasteiger partial charge in [-0.1, -0.05) is 23.2 Å². The number of aromatic nitrogens is 3. The van der Waals surface area contributed by atoms with Gasteiger partial charge in [-0.15, -0.1) is 0 Å². The van der Waals surface area contributed by atoms with Crippen LogP contribution in [0.25, 0.3) is 22.0 Å². The van der Waals surface area contributed by atoms with Crippen molar-refractivity contribution in [2.24, 2.45) is 7.05 Å². The van der Waals surface area contributed by atoms with Crippen molar-refractivity contribution in [3.63, 3.8) is 0 Å². The number of hydrogen-bond donors (Lipinski definition) is 2. The third-order valence-corrected chi connectivity index (χ3v) is 5.72. The van der Waals surface area contributed by atoms with E-state index in [4.69, 9.17) is 23.2 Å². The normalized spacial score (nSPS) is 14.1. The van der Waals surface area contributed by atoms with Crippen LogP contribution >= 0.6 is 23.2 Å². The molecule has 0 fully saturated rings. The number of amides is 1. The summed E-state index contributed by atoms with van der Waals surface area (Å²) in [7, 11) is 1.87. The van der Waals surface area contributed by atoms with Gasteiger partial charge in [0.05, 0.1) is 21.3 Å². The van der Waals surface area contributed by atoms with Gasteiger partial charge in [0.1, 0.15) is 6.61 Å². The second kappa shape index (κ2) is 6.30. The lowest BCUT2D eigenvalue weighted by molar-refractivity contribution is -0.135. The van der Waals surface area contributed by atoms with Crippen LogP contribution in [-0.2, 0) is 24.8 Å². The van der Waals surface area contributed by atoms with Crippen LogP contribution in [0, 0.1) is 6.92 Å². The highest BCUT2D eigenvalue weighted by molar-refractivity contribution is 6.45. The smallest absolute Gasteiger partial charge is 0.248 e. The maximum atomic E-state index is 12.0. The second-order valence-electron chi connectivity index (χ2n) is 6.58. The van der Waals surface area contributed by atoms with E-state index in [0.717, 1.165) is 39.0 Å². The minimum absolute atomic E-state index is 0.274. The Morgan fingerprint density at radius 3 is 2.81 bits per heavy atom. The number of halogens is 2. The molecule has 8 heteroatoms. The number of benzene rings is 1. The lowest BCUT2D eigenvalue weighted by Crippen LogP contribution is -2.37. The predicted octanol–water partition coefficient (Wildman–Crippen LogP) is 3.06. The SMILES string of the molecule is Cc1nn(C)cc1-c1cc(Cl)c(Cl)c2[nH]c3c(c12)CN(C(=O)CO)CC3. The number of carbonyl (C=O) groups excluding carboxylic acids is 1. The molecule has 0 radical (unpaired) electrons. The van der Waals surface area contributed by atoms with Gasteiger partial charge in [0.2, 0.25) is 5.91 Å². The first-order chi connectivity index (χ1) is 12.4. The fourth-order valence-corrected chi connectivity index (χ4v) is 4.13. The molecule has 2 aromatic heterocycles. The molecule has 3 aromatic rings. The van der Waals surface area contributed by atoms with E-state index in [1.54, 1.807) is 9.58 Å². The number of H-pyrrole nitrogens is 1. The van der Waals surface area contributed by atoms with Gasteiger partial charge < -0.3 is 15.0 Å². The molecule has 4 rings (SSSR count). The number of carbonyl (C=O) groups is 1. The Kier molecular flexibility index (Phi) is 4.22. The number of nitrogens with one attached hydrogen (secondary N) is 1. The summed E-state index contributed by atoms with van der Waals surface area (Å²) in [5.41, 5.74) is 5.65.